The van der Waals surface area contributed by atoms with Gasteiger partial charge in [0.2, 0.25) is 0 Å². The van der Waals surface area contributed by atoms with E-state index in [1.165, 1.54) is 5.56 Å². The van der Waals surface area contributed by atoms with E-state index in [0.717, 1.165) is 34.3 Å². The van der Waals surface area contributed by atoms with Gasteiger partial charge in [-0.1, -0.05) is 18.2 Å². The third-order valence-electron chi connectivity index (χ3n) is 4.99. The van der Waals surface area contributed by atoms with E-state index in [1.54, 1.807) is 28.4 Å². The van der Waals surface area contributed by atoms with E-state index in [0.29, 0.717) is 13.1 Å². The Labute approximate surface area is 180 Å². The summed E-state index contributed by atoms with van der Waals surface area (Å²) in [7, 11) is 10.8. The third kappa shape index (κ3) is 6.03. The van der Waals surface area contributed by atoms with Crippen molar-refractivity contribution in [2.75, 3.05) is 49.0 Å². The van der Waals surface area contributed by atoms with Crippen LogP contribution >= 0.6 is 0 Å². The maximum absolute atomic E-state index is 5.49. The van der Waals surface area contributed by atoms with Gasteiger partial charge >= 0.3 is 0 Å². The molecule has 0 saturated carbocycles. The highest BCUT2D eigenvalue weighted by Gasteiger charge is 2.17. The Morgan fingerprint density at radius 2 is 1.63 bits per heavy atom. The molecule has 1 atom stereocenters. The van der Waals surface area contributed by atoms with E-state index in [1.807, 2.05) is 18.2 Å². The number of rotatable bonds is 9. The maximum atomic E-state index is 5.49. The molecule has 2 aromatic rings. The molecule has 0 saturated heterocycles. The number of hydrogen-bond donors (Lipinski definition) is 2. The number of benzene rings is 2. The SMILES string of the molecule is CN=C(NCc1ccc(C)cc1OC)NCC(c1ccc(OC)c(OC)c1)N(C)C. The van der Waals surface area contributed by atoms with Crippen molar-refractivity contribution < 1.29 is 14.2 Å². The number of hydrogen-bond acceptors (Lipinski definition) is 5. The summed E-state index contributed by atoms with van der Waals surface area (Å²) < 4.78 is 16.3. The Bertz CT molecular complexity index is 852. The van der Waals surface area contributed by atoms with Gasteiger partial charge < -0.3 is 29.7 Å². The Morgan fingerprint density at radius 1 is 0.933 bits per heavy atom. The molecule has 0 bridgehead atoms. The summed E-state index contributed by atoms with van der Waals surface area (Å²) in [6, 6.07) is 12.3. The lowest BCUT2D eigenvalue weighted by Crippen LogP contribution is -2.41. The first kappa shape index (κ1) is 23.3. The number of methoxy groups -OCH3 is 3. The predicted octanol–water partition coefficient (Wildman–Crippen LogP) is 2.99. The lowest BCUT2D eigenvalue weighted by molar-refractivity contribution is 0.295. The fourth-order valence-corrected chi connectivity index (χ4v) is 3.25. The molecule has 0 fully saturated rings. The third-order valence-corrected chi connectivity index (χ3v) is 4.99. The zero-order valence-electron chi connectivity index (χ0n) is 19.1. The highest BCUT2D eigenvalue weighted by Crippen LogP contribution is 2.31. The quantitative estimate of drug-likeness (QED) is 0.486. The second kappa shape index (κ2) is 11.3. The molecule has 2 N–H and O–H groups in total. The molecule has 164 valence electrons. The fourth-order valence-electron chi connectivity index (χ4n) is 3.25. The Balaban J connectivity index is 2.06. The molecule has 0 aromatic heterocycles. The van der Waals surface area contributed by atoms with Gasteiger partial charge in [0, 0.05) is 25.7 Å². The maximum Gasteiger partial charge on any atom is 0.191 e. The van der Waals surface area contributed by atoms with Crippen LogP contribution in [0.25, 0.3) is 0 Å². The molecule has 2 rings (SSSR count). The molecule has 0 amide bonds. The fraction of sp³-hybridized carbons (Fsp3) is 0.435. The molecule has 30 heavy (non-hydrogen) atoms. The monoisotopic (exact) mass is 414 g/mol. The molecular formula is C23H34N4O3. The highest BCUT2D eigenvalue weighted by molar-refractivity contribution is 5.79. The molecule has 0 aliphatic rings. The molecule has 0 spiro atoms. The molecule has 0 aliphatic heterocycles. The number of aryl methyl sites for hydroxylation is 1. The minimum atomic E-state index is 0.122. The van der Waals surface area contributed by atoms with Crippen LogP contribution in [0.5, 0.6) is 17.2 Å². The van der Waals surface area contributed by atoms with E-state index in [2.05, 4.69) is 59.7 Å². The molecule has 1 unspecified atom stereocenters. The van der Waals surface area contributed by atoms with E-state index in [-0.39, 0.29) is 6.04 Å². The van der Waals surface area contributed by atoms with E-state index >= 15 is 0 Å². The molecule has 2 aromatic carbocycles. The predicted molar refractivity (Wildman–Crippen MR) is 122 cm³/mol. The minimum Gasteiger partial charge on any atom is -0.496 e. The van der Waals surface area contributed by atoms with Crippen LogP contribution in [0.4, 0.5) is 0 Å². The Hall–Kier alpha value is -2.93. The number of likely N-dealkylation sites (N-methyl/N-ethyl adjacent to an activating group) is 1. The summed E-state index contributed by atoms with van der Waals surface area (Å²) in [6.07, 6.45) is 0. The van der Waals surface area contributed by atoms with E-state index < -0.39 is 0 Å². The van der Waals surface area contributed by atoms with Gasteiger partial charge in [-0.25, -0.2) is 0 Å². The van der Waals surface area contributed by atoms with Crippen molar-refractivity contribution in [3.05, 3.63) is 53.1 Å². The van der Waals surface area contributed by atoms with Crippen LogP contribution in [0, 0.1) is 6.92 Å². The van der Waals surface area contributed by atoms with Gasteiger partial charge in [0.15, 0.2) is 17.5 Å². The van der Waals surface area contributed by atoms with Gasteiger partial charge in [-0.2, -0.15) is 0 Å². The molecular weight excluding hydrogens is 380 g/mol. The molecule has 0 aliphatic carbocycles. The Kier molecular flexibility index (Phi) is 8.80. The first-order valence-electron chi connectivity index (χ1n) is 9.89. The average molecular weight is 415 g/mol. The first-order valence-corrected chi connectivity index (χ1v) is 9.89. The van der Waals surface area contributed by atoms with Gasteiger partial charge in [-0.15, -0.1) is 0 Å². The van der Waals surface area contributed by atoms with Crippen molar-refractivity contribution in [2.24, 2.45) is 4.99 Å². The van der Waals surface area contributed by atoms with Crippen LogP contribution in [0.2, 0.25) is 0 Å². The van der Waals surface area contributed by atoms with Gasteiger partial charge in [0.25, 0.3) is 0 Å². The number of nitrogens with zero attached hydrogens (tertiary/aromatic N) is 2. The zero-order valence-corrected chi connectivity index (χ0v) is 19.1. The standard InChI is InChI=1S/C23H34N4O3/c1-16-8-9-18(21(12-16)29-6)14-25-23(24-2)26-15-19(27(3)4)17-10-11-20(28-5)22(13-17)30-7/h8-13,19H,14-15H2,1-7H3,(H2,24,25,26). The van der Waals surface area contributed by atoms with Crippen molar-refractivity contribution in [2.45, 2.75) is 19.5 Å². The van der Waals surface area contributed by atoms with Crippen LogP contribution in [0.1, 0.15) is 22.7 Å². The van der Waals surface area contributed by atoms with Crippen LogP contribution in [0.3, 0.4) is 0 Å². The minimum absolute atomic E-state index is 0.122. The summed E-state index contributed by atoms with van der Waals surface area (Å²) in [4.78, 5) is 6.51. The van der Waals surface area contributed by atoms with Crippen molar-refractivity contribution in [1.29, 1.82) is 0 Å². The number of guanidine groups is 1. The largest absolute Gasteiger partial charge is 0.496 e. The van der Waals surface area contributed by atoms with Crippen molar-refractivity contribution in [3.8, 4) is 17.2 Å². The van der Waals surface area contributed by atoms with Gasteiger partial charge in [0.1, 0.15) is 5.75 Å². The second-order valence-electron chi connectivity index (χ2n) is 7.22. The number of nitrogens with one attached hydrogen (secondary N) is 2. The van der Waals surface area contributed by atoms with Crippen LogP contribution in [0.15, 0.2) is 41.4 Å². The van der Waals surface area contributed by atoms with Crippen molar-refractivity contribution in [3.63, 3.8) is 0 Å². The summed E-state index contributed by atoms with van der Waals surface area (Å²) in [5.41, 5.74) is 3.37. The smallest absolute Gasteiger partial charge is 0.191 e. The summed E-state index contributed by atoms with van der Waals surface area (Å²) in [6.45, 7) is 3.34. The van der Waals surface area contributed by atoms with Crippen LogP contribution in [-0.4, -0.2) is 59.9 Å². The number of aliphatic imine (C=N–C) groups is 1. The summed E-state index contributed by atoms with van der Waals surface area (Å²) in [5.74, 6) is 3.03. The highest BCUT2D eigenvalue weighted by atomic mass is 16.5. The number of ether oxygens (including phenoxy) is 3. The lowest BCUT2D eigenvalue weighted by atomic mass is 10.1. The van der Waals surface area contributed by atoms with Crippen molar-refractivity contribution >= 4 is 5.96 Å². The molecule has 0 heterocycles. The Morgan fingerprint density at radius 3 is 2.23 bits per heavy atom. The first-order chi connectivity index (χ1) is 14.4. The van der Waals surface area contributed by atoms with E-state index in [4.69, 9.17) is 14.2 Å². The molecule has 7 heteroatoms. The van der Waals surface area contributed by atoms with Crippen LogP contribution in [-0.2, 0) is 6.54 Å². The summed E-state index contributed by atoms with van der Waals surface area (Å²) >= 11 is 0. The normalized spacial score (nSPS) is 12.5. The van der Waals surface area contributed by atoms with Gasteiger partial charge in [-0.05, 0) is 50.3 Å². The summed E-state index contributed by atoms with van der Waals surface area (Å²) in [5, 5.41) is 6.78. The van der Waals surface area contributed by atoms with Gasteiger partial charge in [0.05, 0.1) is 27.4 Å². The lowest BCUT2D eigenvalue weighted by Gasteiger charge is -2.26. The average Bonchev–Trinajstić information content (AvgIpc) is 2.76. The zero-order chi connectivity index (χ0) is 22.1. The second-order valence-corrected chi connectivity index (χ2v) is 7.22. The molecule has 0 radical (unpaired) electrons. The van der Waals surface area contributed by atoms with E-state index in [9.17, 15) is 0 Å². The van der Waals surface area contributed by atoms with Gasteiger partial charge in [-0.3, -0.25) is 4.99 Å². The molecule has 7 nitrogen and oxygen atoms in total. The topological polar surface area (TPSA) is 67.4 Å². The van der Waals surface area contributed by atoms with Crippen LogP contribution < -0.4 is 24.8 Å². The van der Waals surface area contributed by atoms with Crippen molar-refractivity contribution in [1.82, 2.24) is 15.5 Å².